The molecule has 0 saturated carbocycles. The van der Waals surface area contributed by atoms with E-state index in [4.69, 9.17) is 0 Å². The van der Waals surface area contributed by atoms with E-state index in [-0.39, 0.29) is 6.03 Å². The quantitative estimate of drug-likeness (QED) is 0.869. The number of urea groups is 1. The van der Waals surface area contributed by atoms with Crippen LogP contribution in [0.4, 0.5) is 4.79 Å². The van der Waals surface area contributed by atoms with Gasteiger partial charge in [-0.25, -0.2) is 4.79 Å². The second-order valence-electron chi connectivity index (χ2n) is 7.77. The monoisotopic (exact) mass is 333 g/mol. The molecule has 0 aliphatic carbocycles. The van der Waals surface area contributed by atoms with E-state index in [0.717, 1.165) is 44.9 Å². The molecule has 0 spiro atoms. The molecule has 6 nitrogen and oxygen atoms in total. The molecule has 2 aliphatic heterocycles. The van der Waals surface area contributed by atoms with E-state index < -0.39 is 0 Å². The van der Waals surface area contributed by atoms with Crippen LogP contribution in [0.15, 0.2) is 12.3 Å². The number of piperidine rings is 1. The van der Waals surface area contributed by atoms with Crippen molar-refractivity contribution in [1.82, 2.24) is 25.3 Å². The molecular weight excluding hydrogens is 302 g/mol. The lowest BCUT2D eigenvalue weighted by Crippen LogP contribution is -2.45. The summed E-state index contributed by atoms with van der Waals surface area (Å²) < 4.78 is 0. The number of nitrogens with one attached hydrogen (secondary N) is 2. The number of rotatable bonds is 5. The van der Waals surface area contributed by atoms with Gasteiger partial charge < -0.3 is 15.1 Å². The Kier molecular flexibility index (Phi) is 5.76. The van der Waals surface area contributed by atoms with Crippen molar-refractivity contribution in [1.29, 1.82) is 0 Å². The minimum atomic E-state index is 0.111. The number of carbonyl (C=O) groups is 1. The average molecular weight is 333 g/mol. The highest BCUT2D eigenvalue weighted by Gasteiger charge is 2.26. The van der Waals surface area contributed by atoms with Crippen LogP contribution < -0.4 is 5.32 Å². The molecule has 2 amide bonds. The highest BCUT2D eigenvalue weighted by Crippen LogP contribution is 2.26. The molecule has 0 aromatic carbocycles. The third-order valence-electron chi connectivity index (χ3n) is 5.28. The number of hydrogen-bond donors (Lipinski definition) is 2. The molecule has 0 bridgehead atoms. The molecule has 2 aliphatic rings. The largest absolute Gasteiger partial charge is 0.338 e. The number of likely N-dealkylation sites (tertiary alicyclic amines) is 2. The van der Waals surface area contributed by atoms with Gasteiger partial charge in [0.25, 0.3) is 0 Å². The molecular formula is C18H31N5O. The maximum Gasteiger partial charge on any atom is 0.317 e. The lowest BCUT2D eigenvalue weighted by molar-refractivity contribution is 0.179. The van der Waals surface area contributed by atoms with Crippen molar-refractivity contribution >= 4 is 6.03 Å². The number of nitrogens with zero attached hydrogens (tertiary/aromatic N) is 3. The Labute approximate surface area is 145 Å². The van der Waals surface area contributed by atoms with E-state index in [1.807, 2.05) is 11.0 Å². The molecule has 2 N–H and O–H groups in total. The highest BCUT2D eigenvalue weighted by molar-refractivity contribution is 5.74. The van der Waals surface area contributed by atoms with Gasteiger partial charge in [-0.05, 0) is 43.7 Å². The summed E-state index contributed by atoms with van der Waals surface area (Å²) in [5.41, 5.74) is 1.20. The van der Waals surface area contributed by atoms with Crippen molar-refractivity contribution in [2.24, 2.45) is 11.8 Å². The maximum atomic E-state index is 12.4. The van der Waals surface area contributed by atoms with Crippen molar-refractivity contribution < 1.29 is 4.79 Å². The molecule has 2 saturated heterocycles. The van der Waals surface area contributed by atoms with Crippen LogP contribution in [0, 0.1) is 11.8 Å². The Morgan fingerprint density at radius 1 is 1.33 bits per heavy atom. The van der Waals surface area contributed by atoms with Crippen LogP contribution in [0.5, 0.6) is 0 Å². The SMILES string of the molecule is CC(C)CN1CC[C@@H](CNC(=O)N2CCC(c3ccn[nH]3)CC2)C1. The van der Waals surface area contributed by atoms with E-state index in [2.05, 4.69) is 34.3 Å². The predicted octanol–water partition coefficient (Wildman–Crippen LogP) is 2.28. The van der Waals surface area contributed by atoms with Crippen molar-refractivity contribution in [3.8, 4) is 0 Å². The normalized spacial score (nSPS) is 23.1. The van der Waals surface area contributed by atoms with Crippen LogP contribution in [0.1, 0.15) is 44.7 Å². The number of aromatic nitrogens is 2. The van der Waals surface area contributed by atoms with Gasteiger partial charge in [-0.2, -0.15) is 5.10 Å². The molecule has 134 valence electrons. The zero-order valence-electron chi connectivity index (χ0n) is 15.0. The zero-order chi connectivity index (χ0) is 16.9. The fourth-order valence-corrected chi connectivity index (χ4v) is 3.99. The Hall–Kier alpha value is -1.56. The molecule has 2 fully saturated rings. The summed E-state index contributed by atoms with van der Waals surface area (Å²) in [5.74, 6) is 1.83. The second-order valence-corrected chi connectivity index (χ2v) is 7.77. The molecule has 3 heterocycles. The number of aromatic amines is 1. The second kappa shape index (κ2) is 8.01. The highest BCUT2D eigenvalue weighted by atomic mass is 16.2. The van der Waals surface area contributed by atoms with Gasteiger partial charge in [0.1, 0.15) is 0 Å². The fourth-order valence-electron chi connectivity index (χ4n) is 3.99. The van der Waals surface area contributed by atoms with Gasteiger partial charge in [0.15, 0.2) is 0 Å². The first-order valence-electron chi connectivity index (χ1n) is 9.36. The summed E-state index contributed by atoms with van der Waals surface area (Å²) in [5, 5.41) is 10.2. The van der Waals surface area contributed by atoms with E-state index in [0.29, 0.717) is 11.8 Å². The minimum Gasteiger partial charge on any atom is -0.338 e. The molecule has 6 heteroatoms. The van der Waals surface area contributed by atoms with Crippen LogP contribution >= 0.6 is 0 Å². The summed E-state index contributed by atoms with van der Waals surface area (Å²) in [6, 6.07) is 2.16. The smallest absolute Gasteiger partial charge is 0.317 e. The predicted molar refractivity (Wildman–Crippen MR) is 94.9 cm³/mol. The zero-order valence-corrected chi connectivity index (χ0v) is 15.0. The van der Waals surface area contributed by atoms with Crippen molar-refractivity contribution in [2.75, 3.05) is 39.3 Å². The maximum absolute atomic E-state index is 12.4. The summed E-state index contributed by atoms with van der Waals surface area (Å²) in [6.07, 6.45) is 5.04. The van der Waals surface area contributed by atoms with Gasteiger partial charge in [-0.1, -0.05) is 13.8 Å². The lowest BCUT2D eigenvalue weighted by Gasteiger charge is -2.31. The Morgan fingerprint density at radius 2 is 2.12 bits per heavy atom. The Balaban J connectivity index is 1.36. The molecule has 3 rings (SSSR count). The third kappa shape index (κ3) is 4.50. The summed E-state index contributed by atoms with van der Waals surface area (Å²) in [7, 11) is 0. The standard InChI is InChI=1S/C18H31N5O/c1-14(2)12-22-8-4-15(13-22)11-19-18(24)23-9-5-16(6-10-23)17-3-7-20-21-17/h3,7,14-16H,4-6,8-13H2,1-2H3,(H,19,24)(H,20,21)/t15-/m0/s1. The topological polar surface area (TPSA) is 64.3 Å². The molecule has 0 radical (unpaired) electrons. The van der Waals surface area contributed by atoms with Gasteiger partial charge in [-0.15, -0.1) is 0 Å². The molecule has 1 aromatic rings. The van der Waals surface area contributed by atoms with E-state index in [9.17, 15) is 4.79 Å². The molecule has 1 aromatic heterocycles. The summed E-state index contributed by atoms with van der Waals surface area (Å²) in [6.45, 7) is 10.5. The van der Waals surface area contributed by atoms with Crippen LogP contribution in [-0.4, -0.2) is 65.3 Å². The van der Waals surface area contributed by atoms with Crippen molar-refractivity contribution in [3.63, 3.8) is 0 Å². The third-order valence-corrected chi connectivity index (χ3v) is 5.28. The fraction of sp³-hybridized carbons (Fsp3) is 0.778. The van der Waals surface area contributed by atoms with Gasteiger partial charge >= 0.3 is 6.03 Å². The van der Waals surface area contributed by atoms with Crippen LogP contribution in [-0.2, 0) is 0 Å². The van der Waals surface area contributed by atoms with E-state index in [1.54, 1.807) is 6.20 Å². The number of carbonyl (C=O) groups excluding carboxylic acids is 1. The van der Waals surface area contributed by atoms with E-state index >= 15 is 0 Å². The molecule has 0 unspecified atom stereocenters. The van der Waals surface area contributed by atoms with E-state index in [1.165, 1.54) is 25.2 Å². The first kappa shape index (κ1) is 17.3. The van der Waals surface area contributed by atoms with Crippen molar-refractivity contribution in [2.45, 2.75) is 39.0 Å². The van der Waals surface area contributed by atoms with Crippen LogP contribution in [0.2, 0.25) is 0 Å². The van der Waals surface area contributed by atoms with Gasteiger partial charge in [0, 0.05) is 50.5 Å². The number of hydrogen-bond acceptors (Lipinski definition) is 3. The Bertz CT molecular complexity index is 507. The first-order chi connectivity index (χ1) is 11.6. The van der Waals surface area contributed by atoms with Crippen LogP contribution in [0.25, 0.3) is 0 Å². The number of H-pyrrole nitrogens is 1. The van der Waals surface area contributed by atoms with Gasteiger partial charge in [0.05, 0.1) is 0 Å². The summed E-state index contributed by atoms with van der Waals surface area (Å²) >= 11 is 0. The molecule has 24 heavy (non-hydrogen) atoms. The summed E-state index contributed by atoms with van der Waals surface area (Å²) in [4.78, 5) is 16.9. The van der Waals surface area contributed by atoms with Gasteiger partial charge in [-0.3, -0.25) is 5.10 Å². The minimum absolute atomic E-state index is 0.111. The first-order valence-corrected chi connectivity index (χ1v) is 9.36. The van der Waals surface area contributed by atoms with Crippen LogP contribution in [0.3, 0.4) is 0 Å². The Morgan fingerprint density at radius 3 is 2.79 bits per heavy atom. The average Bonchev–Trinajstić information content (AvgIpc) is 3.24. The number of amides is 2. The lowest BCUT2D eigenvalue weighted by atomic mass is 9.94. The molecule has 1 atom stereocenters. The van der Waals surface area contributed by atoms with Crippen molar-refractivity contribution in [3.05, 3.63) is 18.0 Å². The van der Waals surface area contributed by atoms with Gasteiger partial charge in [0.2, 0.25) is 0 Å².